The molecule has 1 aromatic heterocycles. The molecule has 0 aliphatic carbocycles. The van der Waals surface area contributed by atoms with Crippen LogP contribution in [0.3, 0.4) is 0 Å². The molecule has 0 saturated carbocycles. The van der Waals surface area contributed by atoms with Gasteiger partial charge in [-0.25, -0.2) is 4.68 Å². The van der Waals surface area contributed by atoms with Gasteiger partial charge in [0.1, 0.15) is 11.6 Å². The molecule has 0 radical (unpaired) electrons. The Morgan fingerprint density at radius 3 is 2.85 bits per heavy atom. The summed E-state index contributed by atoms with van der Waals surface area (Å²) >= 11 is 6.36. The highest BCUT2D eigenvalue weighted by molar-refractivity contribution is 6.31. The summed E-state index contributed by atoms with van der Waals surface area (Å²) in [5.41, 5.74) is 5.38. The van der Waals surface area contributed by atoms with Crippen LogP contribution in [0.15, 0.2) is 42.5 Å². The maximum absolute atomic E-state index is 6.36. The number of hydrogen-bond acceptors (Lipinski definition) is 3. The molecule has 2 heterocycles. The molecule has 0 bridgehead atoms. The van der Waals surface area contributed by atoms with Gasteiger partial charge in [-0.05, 0) is 56.0 Å². The number of nitrogens with one attached hydrogen (secondary N) is 1. The SMILES string of the molecule is COc1cccc(-c2nn(-c3cccc(Cl)c3C)c3c2CCCCN3)c1. The van der Waals surface area contributed by atoms with Crippen LogP contribution in [0.25, 0.3) is 16.9 Å². The fraction of sp³-hybridized carbons (Fsp3) is 0.286. The number of anilines is 1. The Morgan fingerprint density at radius 2 is 2.00 bits per heavy atom. The lowest BCUT2D eigenvalue weighted by molar-refractivity contribution is 0.415. The van der Waals surface area contributed by atoms with Gasteiger partial charge in [0.25, 0.3) is 0 Å². The predicted octanol–water partition coefficient (Wildman–Crippen LogP) is 5.26. The average Bonchev–Trinajstić information content (AvgIpc) is 2.85. The largest absolute Gasteiger partial charge is 0.497 e. The van der Waals surface area contributed by atoms with Crippen molar-refractivity contribution in [3.63, 3.8) is 0 Å². The summed E-state index contributed by atoms with van der Waals surface area (Å²) in [7, 11) is 1.69. The molecule has 134 valence electrons. The Labute approximate surface area is 158 Å². The molecule has 0 spiro atoms. The number of rotatable bonds is 3. The normalized spacial score (nSPS) is 13.7. The maximum atomic E-state index is 6.36. The van der Waals surface area contributed by atoms with Crippen LogP contribution in [0.2, 0.25) is 5.02 Å². The van der Waals surface area contributed by atoms with Gasteiger partial charge in [0.15, 0.2) is 0 Å². The van der Waals surface area contributed by atoms with Gasteiger partial charge in [-0.3, -0.25) is 0 Å². The maximum Gasteiger partial charge on any atom is 0.133 e. The van der Waals surface area contributed by atoms with Crippen LogP contribution in [-0.4, -0.2) is 23.4 Å². The van der Waals surface area contributed by atoms with Gasteiger partial charge in [-0.2, -0.15) is 5.10 Å². The van der Waals surface area contributed by atoms with Crippen molar-refractivity contribution in [2.75, 3.05) is 19.0 Å². The molecule has 0 unspecified atom stereocenters. The van der Waals surface area contributed by atoms with Crippen molar-refractivity contribution in [3.05, 3.63) is 58.6 Å². The Kier molecular flexibility index (Phi) is 4.60. The quantitative estimate of drug-likeness (QED) is 0.686. The standard InChI is InChI=1S/C21H22ClN3O/c1-14-18(22)10-6-11-19(14)25-21-17(9-3-4-12-23-21)20(24-25)15-7-5-8-16(13-15)26-2/h5-8,10-11,13,23H,3-4,9,12H2,1-2H3. The van der Waals surface area contributed by atoms with E-state index in [4.69, 9.17) is 21.4 Å². The Balaban J connectivity index is 1.93. The van der Waals surface area contributed by atoms with Crippen LogP contribution >= 0.6 is 11.6 Å². The van der Waals surface area contributed by atoms with Crippen molar-refractivity contribution in [2.45, 2.75) is 26.2 Å². The first-order valence-corrected chi connectivity index (χ1v) is 9.32. The minimum Gasteiger partial charge on any atom is -0.497 e. The number of benzene rings is 2. The van der Waals surface area contributed by atoms with Crippen molar-refractivity contribution in [1.29, 1.82) is 0 Å². The third-order valence-corrected chi connectivity index (χ3v) is 5.35. The Morgan fingerprint density at radius 1 is 1.15 bits per heavy atom. The number of ether oxygens (including phenoxy) is 1. The van der Waals surface area contributed by atoms with Gasteiger partial charge in [0.05, 0.1) is 18.5 Å². The van der Waals surface area contributed by atoms with Gasteiger partial charge in [0, 0.05) is 22.7 Å². The fourth-order valence-electron chi connectivity index (χ4n) is 3.50. The summed E-state index contributed by atoms with van der Waals surface area (Å²) in [4.78, 5) is 0. The second kappa shape index (κ2) is 7.04. The van der Waals surface area contributed by atoms with Gasteiger partial charge in [0.2, 0.25) is 0 Å². The summed E-state index contributed by atoms with van der Waals surface area (Å²) in [6.07, 6.45) is 3.31. The van der Waals surface area contributed by atoms with Crippen LogP contribution in [0.4, 0.5) is 5.82 Å². The molecule has 4 rings (SSSR count). The topological polar surface area (TPSA) is 39.1 Å². The zero-order chi connectivity index (χ0) is 18.1. The molecule has 1 N–H and O–H groups in total. The minimum atomic E-state index is 0.753. The van der Waals surface area contributed by atoms with Crippen molar-refractivity contribution < 1.29 is 4.74 Å². The molecular weight excluding hydrogens is 346 g/mol. The Bertz CT molecular complexity index is 948. The van der Waals surface area contributed by atoms with E-state index < -0.39 is 0 Å². The predicted molar refractivity (Wildman–Crippen MR) is 107 cm³/mol. The average molecular weight is 368 g/mol. The summed E-state index contributed by atoms with van der Waals surface area (Å²) in [6, 6.07) is 14.1. The van der Waals surface area contributed by atoms with Gasteiger partial charge >= 0.3 is 0 Å². The van der Waals surface area contributed by atoms with Gasteiger partial charge in [-0.15, -0.1) is 0 Å². The van der Waals surface area contributed by atoms with Crippen molar-refractivity contribution in [3.8, 4) is 22.7 Å². The first-order chi connectivity index (χ1) is 12.7. The smallest absolute Gasteiger partial charge is 0.133 e. The van der Waals surface area contributed by atoms with E-state index in [1.165, 1.54) is 5.56 Å². The fourth-order valence-corrected chi connectivity index (χ4v) is 3.67. The van der Waals surface area contributed by atoms with E-state index in [2.05, 4.69) is 17.4 Å². The zero-order valence-electron chi connectivity index (χ0n) is 15.1. The van der Waals surface area contributed by atoms with Gasteiger partial charge < -0.3 is 10.1 Å². The molecule has 0 fully saturated rings. The van der Waals surface area contributed by atoms with Crippen LogP contribution in [-0.2, 0) is 6.42 Å². The second-order valence-electron chi connectivity index (χ2n) is 6.59. The molecule has 5 heteroatoms. The lowest BCUT2D eigenvalue weighted by Gasteiger charge is -2.12. The first-order valence-electron chi connectivity index (χ1n) is 8.94. The van der Waals surface area contributed by atoms with E-state index in [-0.39, 0.29) is 0 Å². The van der Waals surface area contributed by atoms with Crippen LogP contribution in [0.5, 0.6) is 5.75 Å². The third kappa shape index (κ3) is 2.95. The van der Waals surface area contributed by atoms with Crippen LogP contribution < -0.4 is 10.1 Å². The molecule has 4 nitrogen and oxygen atoms in total. The van der Waals surface area contributed by atoms with Crippen molar-refractivity contribution >= 4 is 17.4 Å². The molecular formula is C21H22ClN3O. The highest BCUT2D eigenvalue weighted by atomic mass is 35.5. The monoisotopic (exact) mass is 367 g/mol. The zero-order valence-corrected chi connectivity index (χ0v) is 15.8. The number of aromatic nitrogens is 2. The van der Waals surface area contributed by atoms with E-state index in [9.17, 15) is 0 Å². The number of halogens is 1. The first kappa shape index (κ1) is 17.0. The molecule has 26 heavy (non-hydrogen) atoms. The van der Waals surface area contributed by atoms with E-state index in [0.29, 0.717) is 0 Å². The van der Waals surface area contributed by atoms with E-state index >= 15 is 0 Å². The third-order valence-electron chi connectivity index (χ3n) is 4.94. The van der Waals surface area contributed by atoms with E-state index in [0.717, 1.165) is 64.9 Å². The second-order valence-corrected chi connectivity index (χ2v) is 6.99. The molecule has 1 aliphatic heterocycles. The molecule has 2 aromatic carbocycles. The number of hydrogen-bond donors (Lipinski definition) is 1. The summed E-state index contributed by atoms with van der Waals surface area (Å²) < 4.78 is 7.41. The van der Waals surface area contributed by atoms with E-state index in [1.807, 2.05) is 41.9 Å². The summed E-state index contributed by atoms with van der Waals surface area (Å²) in [6.45, 7) is 2.99. The van der Waals surface area contributed by atoms with Crippen molar-refractivity contribution in [1.82, 2.24) is 9.78 Å². The van der Waals surface area contributed by atoms with Crippen molar-refractivity contribution in [2.24, 2.45) is 0 Å². The molecule has 0 saturated heterocycles. The Hall–Kier alpha value is -2.46. The number of fused-ring (bicyclic) bond motifs is 1. The minimum absolute atomic E-state index is 0.753. The number of nitrogens with zero attached hydrogens (tertiary/aromatic N) is 2. The number of methoxy groups -OCH3 is 1. The highest BCUT2D eigenvalue weighted by Gasteiger charge is 2.22. The summed E-state index contributed by atoms with van der Waals surface area (Å²) in [5, 5.41) is 9.33. The summed E-state index contributed by atoms with van der Waals surface area (Å²) in [5.74, 6) is 1.91. The van der Waals surface area contributed by atoms with Crippen LogP contribution in [0.1, 0.15) is 24.0 Å². The van der Waals surface area contributed by atoms with Gasteiger partial charge in [-0.1, -0.05) is 29.8 Å². The lowest BCUT2D eigenvalue weighted by atomic mass is 10.0. The van der Waals surface area contributed by atoms with E-state index in [1.54, 1.807) is 7.11 Å². The molecule has 0 atom stereocenters. The molecule has 3 aromatic rings. The molecule has 0 amide bonds. The highest BCUT2D eigenvalue weighted by Crippen LogP contribution is 2.36. The lowest BCUT2D eigenvalue weighted by Crippen LogP contribution is -2.08. The van der Waals surface area contributed by atoms with Crippen LogP contribution in [0, 0.1) is 6.92 Å². The molecule has 1 aliphatic rings.